The molecule has 1 aliphatic heterocycles. The summed E-state index contributed by atoms with van der Waals surface area (Å²) in [5.74, 6) is 0.150. The lowest BCUT2D eigenvalue weighted by Gasteiger charge is -2.16. The van der Waals surface area contributed by atoms with Gasteiger partial charge in [-0.1, -0.05) is 12.1 Å². The topological polar surface area (TPSA) is 195 Å². The lowest BCUT2D eigenvalue weighted by molar-refractivity contribution is -0.0450. The highest BCUT2D eigenvalue weighted by molar-refractivity contribution is 7.46. The minimum Gasteiger partial charge on any atom is -0.497 e. The van der Waals surface area contributed by atoms with Crippen molar-refractivity contribution in [3.63, 3.8) is 0 Å². The average molecular weight is 600 g/mol. The summed E-state index contributed by atoms with van der Waals surface area (Å²) in [5.41, 5.74) is -0.395. The van der Waals surface area contributed by atoms with Crippen LogP contribution in [-0.2, 0) is 13.8 Å². The molecule has 1 amide bonds. The van der Waals surface area contributed by atoms with Crippen molar-refractivity contribution in [2.75, 3.05) is 19.0 Å². The molecule has 5 rings (SSSR count). The van der Waals surface area contributed by atoms with E-state index >= 15 is 0 Å². The van der Waals surface area contributed by atoms with Gasteiger partial charge in [0.1, 0.15) is 23.9 Å². The van der Waals surface area contributed by atoms with E-state index in [9.17, 15) is 19.3 Å². The van der Waals surface area contributed by atoms with Gasteiger partial charge in [-0.25, -0.2) is 9.36 Å². The van der Waals surface area contributed by atoms with Gasteiger partial charge < -0.3 is 29.7 Å². The number of pyridine rings is 2. The summed E-state index contributed by atoms with van der Waals surface area (Å²) in [4.78, 5) is 53.4. The fraction of sp³-hybridized carbons (Fsp3) is 0.222. The van der Waals surface area contributed by atoms with E-state index in [1.165, 1.54) is 19.4 Å². The Morgan fingerprint density at radius 2 is 1.62 bits per heavy atom. The number of ether oxygens (including phenoxy) is 2. The molecule has 3 atom stereocenters. The lowest BCUT2D eigenvalue weighted by atomic mass is 10.2. The van der Waals surface area contributed by atoms with Gasteiger partial charge in [-0.05, 0) is 54.6 Å². The molecule has 3 aromatic heterocycles. The predicted molar refractivity (Wildman–Crippen MR) is 150 cm³/mol. The van der Waals surface area contributed by atoms with E-state index in [1.807, 2.05) is 36.4 Å². The van der Waals surface area contributed by atoms with Crippen LogP contribution in [0.3, 0.4) is 0 Å². The number of amides is 1. The average Bonchev–Trinajstić information content (AvgIpc) is 3.38. The van der Waals surface area contributed by atoms with E-state index in [2.05, 4.69) is 24.8 Å². The number of aliphatic hydroxyl groups excluding tert-OH is 1. The van der Waals surface area contributed by atoms with E-state index < -0.39 is 44.5 Å². The second kappa shape index (κ2) is 16.2. The molecule has 15 heteroatoms. The van der Waals surface area contributed by atoms with Crippen molar-refractivity contribution in [2.24, 2.45) is 0 Å². The molecule has 4 heterocycles. The van der Waals surface area contributed by atoms with Gasteiger partial charge in [0.05, 0.1) is 19.8 Å². The molecule has 14 nitrogen and oxygen atoms in total. The van der Waals surface area contributed by atoms with Crippen LogP contribution < -0.4 is 15.7 Å². The molecule has 1 fully saturated rings. The Bertz CT molecular complexity index is 1390. The molecule has 0 saturated carbocycles. The van der Waals surface area contributed by atoms with Gasteiger partial charge >= 0.3 is 13.5 Å². The number of carbonyl (C=O) groups excluding carboxylic acids is 1. The van der Waals surface area contributed by atoms with Gasteiger partial charge in [0.15, 0.2) is 0 Å². The van der Waals surface area contributed by atoms with Crippen molar-refractivity contribution in [3.05, 3.63) is 114 Å². The summed E-state index contributed by atoms with van der Waals surface area (Å²) in [5, 5.41) is 12.5. The molecule has 0 unspecified atom stereocenters. The van der Waals surface area contributed by atoms with Crippen molar-refractivity contribution in [1.29, 1.82) is 0 Å². The monoisotopic (exact) mass is 599 g/mol. The summed E-state index contributed by atoms with van der Waals surface area (Å²) in [7, 11) is -3.21. The normalized spacial score (nSPS) is 17.6. The molecule has 222 valence electrons. The molecule has 0 aliphatic carbocycles. The van der Waals surface area contributed by atoms with Crippen molar-refractivity contribution in [1.82, 2.24) is 19.5 Å². The van der Waals surface area contributed by atoms with E-state index in [0.717, 1.165) is 4.57 Å². The van der Waals surface area contributed by atoms with Crippen molar-refractivity contribution in [2.45, 2.75) is 24.9 Å². The van der Waals surface area contributed by atoms with Crippen LogP contribution in [0.15, 0.2) is 103 Å². The molecule has 0 spiro atoms. The highest BCUT2D eigenvalue weighted by atomic mass is 31.2. The molecule has 1 aliphatic rings. The van der Waals surface area contributed by atoms with Crippen LogP contribution >= 0.6 is 7.82 Å². The molecule has 42 heavy (non-hydrogen) atoms. The molecule has 1 aromatic carbocycles. The number of benzene rings is 1. The van der Waals surface area contributed by atoms with Gasteiger partial charge in [0, 0.05) is 43.0 Å². The summed E-state index contributed by atoms with van der Waals surface area (Å²) in [6.07, 6.45) is 5.31. The van der Waals surface area contributed by atoms with Crippen LogP contribution in [0.2, 0.25) is 0 Å². The number of hydrogen-bond donors (Lipinski definition) is 4. The first kappa shape index (κ1) is 32.2. The van der Waals surface area contributed by atoms with E-state index in [0.29, 0.717) is 11.3 Å². The van der Waals surface area contributed by atoms with Crippen LogP contribution in [-0.4, -0.2) is 66.2 Å². The number of carbonyl (C=O) groups is 1. The maximum Gasteiger partial charge on any atom is 0.469 e. The van der Waals surface area contributed by atoms with E-state index in [1.54, 1.807) is 49.1 Å². The Kier molecular flexibility index (Phi) is 12.4. The van der Waals surface area contributed by atoms with Crippen LogP contribution in [0.25, 0.3) is 0 Å². The third-order valence-corrected chi connectivity index (χ3v) is 5.96. The number of hydrogen-bond acceptors (Lipinski definition) is 10. The fourth-order valence-electron chi connectivity index (χ4n) is 3.46. The Hall–Kier alpha value is -4.30. The van der Waals surface area contributed by atoms with Gasteiger partial charge in [0.25, 0.3) is 5.91 Å². The van der Waals surface area contributed by atoms with Crippen molar-refractivity contribution in [3.8, 4) is 5.75 Å². The van der Waals surface area contributed by atoms with Crippen molar-refractivity contribution >= 4 is 19.5 Å². The Morgan fingerprint density at radius 3 is 2.07 bits per heavy atom. The third kappa shape index (κ3) is 10.9. The maximum atomic E-state index is 12.3. The zero-order chi connectivity index (χ0) is 30.4. The first-order valence-corrected chi connectivity index (χ1v) is 14.0. The summed E-state index contributed by atoms with van der Waals surface area (Å²) >= 11 is 0. The first-order valence-electron chi connectivity index (χ1n) is 12.4. The number of aromatic nitrogens is 4. The van der Waals surface area contributed by atoms with Crippen LogP contribution in [0.5, 0.6) is 5.75 Å². The molecule has 1 saturated heterocycles. The quantitative estimate of drug-likeness (QED) is 0.227. The molecule has 0 bridgehead atoms. The lowest BCUT2D eigenvalue weighted by Crippen LogP contribution is -2.29. The smallest absolute Gasteiger partial charge is 0.469 e. The number of phosphoric ester groups is 1. The maximum absolute atomic E-state index is 12.3. The summed E-state index contributed by atoms with van der Waals surface area (Å²) in [6, 6.07) is 19.2. The first-order chi connectivity index (χ1) is 20.2. The van der Waals surface area contributed by atoms with E-state index in [-0.39, 0.29) is 12.2 Å². The second-order valence-corrected chi connectivity index (χ2v) is 9.69. The molecular weight excluding hydrogens is 569 g/mol. The van der Waals surface area contributed by atoms with Gasteiger partial charge in [0.2, 0.25) is 0 Å². The third-order valence-electron chi connectivity index (χ3n) is 5.48. The second-order valence-electron chi connectivity index (χ2n) is 8.45. The number of anilines is 1. The fourth-order valence-corrected chi connectivity index (χ4v) is 3.81. The van der Waals surface area contributed by atoms with Gasteiger partial charge in [-0.15, -0.1) is 0 Å². The van der Waals surface area contributed by atoms with Gasteiger partial charge in [-0.3, -0.25) is 23.9 Å². The largest absolute Gasteiger partial charge is 0.497 e. The number of phosphoric acid groups is 1. The molecular formula is C27H30N5O9P. The van der Waals surface area contributed by atoms with Gasteiger partial charge in [-0.2, -0.15) is 4.98 Å². The van der Waals surface area contributed by atoms with E-state index in [4.69, 9.17) is 19.3 Å². The summed E-state index contributed by atoms with van der Waals surface area (Å²) < 4.78 is 26.7. The molecule has 4 N–H and O–H groups in total. The number of nitrogens with one attached hydrogen (secondary N) is 1. The van der Waals surface area contributed by atoms with Crippen LogP contribution in [0.4, 0.5) is 5.82 Å². The standard InChI is InChI=1S/C17H20N3O9P.2C5H5N/c1-27-11-4-2-10(3-5-11)16(22)18-14-6-7-20(17(23)19-14)15-8-12(21)13(29-15)9-28-30(24,25)26;2*1-2-4-6-5-3-1/h2-7,12-13,15,21H,8-9H2,1H3,(H2,24,25,26)(H,18,19,22,23);2*1-5H/t12-,13+,15+;;/m0../s1. The van der Waals surface area contributed by atoms with Crippen LogP contribution in [0.1, 0.15) is 23.0 Å². The highest BCUT2D eigenvalue weighted by Gasteiger charge is 2.37. The predicted octanol–water partition coefficient (Wildman–Crippen LogP) is 2.43. The zero-order valence-electron chi connectivity index (χ0n) is 22.4. The highest BCUT2D eigenvalue weighted by Crippen LogP contribution is 2.38. The molecule has 0 radical (unpaired) electrons. The number of methoxy groups -OCH3 is 1. The minimum absolute atomic E-state index is 0.00563. The van der Waals surface area contributed by atoms with Crippen molar-refractivity contribution < 1.29 is 38.3 Å². The molecule has 4 aromatic rings. The Morgan fingerprint density at radius 1 is 1.02 bits per heavy atom. The summed E-state index contributed by atoms with van der Waals surface area (Å²) in [6.45, 7) is -0.542. The minimum atomic E-state index is -4.72. The van der Waals surface area contributed by atoms with Crippen LogP contribution in [0, 0.1) is 0 Å². The zero-order valence-corrected chi connectivity index (χ0v) is 23.3. The SMILES string of the molecule is COc1ccc(C(=O)Nc2ccn([C@H]3C[C@H](O)[C@@H](COP(=O)(O)O)O3)c(=O)n2)cc1.c1ccncc1.c1ccncc1. The Labute approximate surface area is 240 Å². The number of rotatable bonds is 7. The Balaban J connectivity index is 0.000000330. The number of aliphatic hydroxyl groups is 1. The number of nitrogens with zero attached hydrogens (tertiary/aromatic N) is 4.